The lowest BCUT2D eigenvalue weighted by atomic mass is 9.87. The lowest BCUT2D eigenvalue weighted by Gasteiger charge is -2.18. The largest absolute Gasteiger partial charge is 0.507 e. The summed E-state index contributed by atoms with van der Waals surface area (Å²) in [6.07, 6.45) is 5.18. The van der Waals surface area contributed by atoms with Gasteiger partial charge in [-0.2, -0.15) is 0 Å². The number of carbonyl (C=O) groups is 1. The van der Waals surface area contributed by atoms with Crippen molar-refractivity contribution in [1.82, 2.24) is 0 Å². The zero-order chi connectivity index (χ0) is 20.0. The van der Waals surface area contributed by atoms with Gasteiger partial charge in [0, 0.05) is 6.07 Å². The van der Waals surface area contributed by atoms with E-state index in [4.69, 9.17) is 4.74 Å². The number of rotatable bonds is 6. The number of ketones is 1. The second-order valence-electron chi connectivity index (χ2n) is 7.84. The maximum absolute atomic E-state index is 12.4. The lowest BCUT2D eigenvalue weighted by Crippen LogP contribution is -2.10. The van der Waals surface area contributed by atoms with E-state index < -0.39 is 0 Å². The predicted octanol–water partition coefficient (Wildman–Crippen LogP) is 5.93. The molecule has 0 atom stereocenters. The summed E-state index contributed by atoms with van der Waals surface area (Å²) in [5, 5.41) is 10.1. The maximum atomic E-state index is 12.4. The third-order valence-electron chi connectivity index (χ3n) is 4.18. The van der Waals surface area contributed by atoms with Crippen molar-refractivity contribution in [2.45, 2.75) is 40.0 Å². The quantitative estimate of drug-likeness (QED) is 0.392. The summed E-state index contributed by atoms with van der Waals surface area (Å²) in [7, 11) is 0. The van der Waals surface area contributed by atoms with E-state index in [9.17, 15) is 9.90 Å². The van der Waals surface area contributed by atoms with Gasteiger partial charge in [0.2, 0.25) is 0 Å². The average molecular weight is 364 g/mol. The Hall–Kier alpha value is -2.81. The first kappa shape index (κ1) is 20.5. The molecule has 2 aromatic carbocycles. The predicted molar refractivity (Wildman–Crippen MR) is 112 cm³/mol. The lowest BCUT2D eigenvalue weighted by molar-refractivity contribution is 0.104. The summed E-state index contributed by atoms with van der Waals surface area (Å²) in [5.41, 5.74) is 3.70. The highest BCUT2D eigenvalue weighted by Gasteiger charge is 2.13. The molecule has 0 saturated carbocycles. The Balaban J connectivity index is 2.07. The molecule has 0 saturated heterocycles. The van der Waals surface area contributed by atoms with E-state index in [0.717, 1.165) is 11.1 Å². The highest BCUT2D eigenvalue weighted by molar-refractivity contribution is 6.08. The maximum Gasteiger partial charge on any atom is 0.189 e. The van der Waals surface area contributed by atoms with Crippen LogP contribution in [0.2, 0.25) is 0 Å². The van der Waals surface area contributed by atoms with Crippen LogP contribution in [0, 0.1) is 0 Å². The second-order valence-corrected chi connectivity index (χ2v) is 7.84. The van der Waals surface area contributed by atoms with E-state index in [1.807, 2.05) is 32.1 Å². The number of ether oxygens (including phenoxy) is 1. The molecule has 0 aromatic heterocycles. The van der Waals surface area contributed by atoms with Gasteiger partial charge >= 0.3 is 0 Å². The molecule has 0 bridgehead atoms. The van der Waals surface area contributed by atoms with Crippen LogP contribution in [0.4, 0.5) is 0 Å². The molecule has 0 aliphatic carbocycles. The first-order valence-corrected chi connectivity index (χ1v) is 9.09. The molecule has 0 fully saturated rings. The van der Waals surface area contributed by atoms with Crippen LogP contribution in [0.1, 0.15) is 56.1 Å². The minimum atomic E-state index is -0.247. The fraction of sp³-hybridized carbons (Fsp3) is 0.292. The molecule has 0 amide bonds. The molecule has 0 radical (unpaired) electrons. The van der Waals surface area contributed by atoms with Crippen LogP contribution in [0.5, 0.6) is 11.5 Å². The van der Waals surface area contributed by atoms with Gasteiger partial charge in [0.15, 0.2) is 5.78 Å². The highest BCUT2D eigenvalue weighted by Crippen LogP contribution is 2.25. The average Bonchev–Trinajstić information content (AvgIpc) is 2.59. The Morgan fingerprint density at radius 2 is 1.74 bits per heavy atom. The molecule has 2 aromatic rings. The summed E-state index contributed by atoms with van der Waals surface area (Å²) < 4.78 is 5.53. The Bertz CT molecular complexity index is 846. The summed E-state index contributed by atoms with van der Waals surface area (Å²) in [5.74, 6) is 0.203. The molecule has 3 heteroatoms. The smallest absolute Gasteiger partial charge is 0.189 e. The third kappa shape index (κ3) is 6.14. The van der Waals surface area contributed by atoms with Crippen molar-refractivity contribution in [3.05, 3.63) is 76.9 Å². The van der Waals surface area contributed by atoms with Crippen LogP contribution < -0.4 is 4.74 Å². The fourth-order valence-electron chi connectivity index (χ4n) is 2.47. The van der Waals surface area contributed by atoms with Crippen molar-refractivity contribution in [2.75, 3.05) is 6.61 Å². The van der Waals surface area contributed by atoms with Crippen molar-refractivity contribution < 1.29 is 14.6 Å². The number of allylic oxidation sites excluding steroid dienone is 2. The second kappa shape index (κ2) is 8.72. The van der Waals surface area contributed by atoms with E-state index in [0.29, 0.717) is 12.4 Å². The Morgan fingerprint density at radius 3 is 2.30 bits per heavy atom. The van der Waals surface area contributed by atoms with Crippen molar-refractivity contribution in [3.63, 3.8) is 0 Å². The molecular formula is C24H28O3. The van der Waals surface area contributed by atoms with E-state index >= 15 is 0 Å². The summed E-state index contributed by atoms with van der Waals surface area (Å²) in [4.78, 5) is 12.4. The fourth-order valence-corrected chi connectivity index (χ4v) is 2.47. The highest BCUT2D eigenvalue weighted by atomic mass is 16.5. The molecule has 142 valence electrons. The number of hydrogen-bond acceptors (Lipinski definition) is 3. The van der Waals surface area contributed by atoms with E-state index in [-0.39, 0.29) is 22.5 Å². The van der Waals surface area contributed by atoms with Gasteiger partial charge in [-0.25, -0.2) is 0 Å². The Morgan fingerprint density at radius 1 is 1.07 bits per heavy atom. The van der Waals surface area contributed by atoms with Crippen LogP contribution in [-0.2, 0) is 5.41 Å². The Kier molecular flexibility index (Phi) is 6.62. The van der Waals surface area contributed by atoms with Gasteiger partial charge in [0.1, 0.15) is 18.1 Å². The molecule has 0 spiro atoms. The monoisotopic (exact) mass is 364 g/mol. The van der Waals surface area contributed by atoms with Gasteiger partial charge < -0.3 is 9.84 Å². The Labute approximate surface area is 162 Å². The number of carbonyl (C=O) groups excluding carboxylic acids is 1. The number of hydrogen-bond donors (Lipinski definition) is 1. The number of benzene rings is 2. The SMILES string of the molecule is CC(C)=CCOc1ccc(C(=O)C=Cc2ccc(C(C)(C)C)cc2)c(O)c1. The molecule has 2 rings (SSSR count). The minimum Gasteiger partial charge on any atom is -0.507 e. The normalized spacial score (nSPS) is 11.4. The van der Waals surface area contributed by atoms with E-state index in [1.54, 1.807) is 18.2 Å². The van der Waals surface area contributed by atoms with Crippen LogP contribution in [0.25, 0.3) is 6.08 Å². The number of phenols is 1. The van der Waals surface area contributed by atoms with Crippen LogP contribution in [0.15, 0.2) is 60.2 Å². The first-order chi connectivity index (χ1) is 12.7. The number of phenolic OH excluding ortho intramolecular Hbond substituents is 1. The van der Waals surface area contributed by atoms with E-state index in [2.05, 4.69) is 32.9 Å². The van der Waals surface area contributed by atoms with Crippen molar-refractivity contribution >= 4 is 11.9 Å². The first-order valence-electron chi connectivity index (χ1n) is 9.09. The molecule has 1 N–H and O–H groups in total. The summed E-state index contributed by atoms with van der Waals surface area (Å²) >= 11 is 0. The van der Waals surface area contributed by atoms with Crippen molar-refractivity contribution in [1.29, 1.82) is 0 Å². The van der Waals surface area contributed by atoms with E-state index in [1.165, 1.54) is 17.7 Å². The summed E-state index contributed by atoms with van der Waals surface area (Å²) in [6, 6.07) is 12.9. The molecule has 0 aliphatic heterocycles. The number of aromatic hydroxyl groups is 1. The zero-order valence-corrected chi connectivity index (χ0v) is 16.7. The van der Waals surface area contributed by atoms with Crippen LogP contribution >= 0.6 is 0 Å². The topological polar surface area (TPSA) is 46.5 Å². The zero-order valence-electron chi connectivity index (χ0n) is 16.7. The molecule has 27 heavy (non-hydrogen) atoms. The van der Waals surface area contributed by atoms with Gasteiger partial charge in [0.05, 0.1) is 5.56 Å². The molecule has 3 nitrogen and oxygen atoms in total. The van der Waals surface area contributed by atoms with Crippen molar-refractivity contribution in [3.8, 4) is 11.5 Å². The van der Waals surface area contributed by atoms with Crippen molar-refractivity contribution in [2.24, 2.45) is 0 Å². The van der Waals surface area contributed by atoms with Crippen LogP contribution in [0.3, 0.4) is 0 Å². The van der Waals surface area contributed by atoms with Gasteiger partial charge in [-0.1, -0.05) is 56.7 Å². The molecule has 0 heterocycles. The van der Waals surface area contributed by atoms with Gasteiger partial charge in [-0.05, 0) is 54.7 Å². The standard InChI is InChI=1S/C24H28O3/c1-17(2)14-15-27-20-11-12-21(23(26)16-20)22(25)13-8-18-6-9-19(10-7-18)24(3,4)5/h6-14,16,26H,15H2,1-5H3. The molecule has 0 unspecified atom stereocenters. The van der Waals surface area contributed by atoms with Gasteiger partial charge in [-0.3, -0.25) is 4.79 Å². The summed E-state index contributed by atoms with van der Waals surface area (Å²) in [6.45, 7) is 10.9. The molecular weight excluding hydrogens is 336 g/mol. The minimum absolute atomic E-state index is 0.0811. The van der Waals surface area contributed by atoms with Gasteiger partial charge in [-0.15, -0.1) is 0 Å². The molecule has 0 aliphatic rings. The van der Waals surface area contributed by atoms with Gasteiger partial charge in [0.25, 0.3) is 0 Å². The third-order valence-corrected chi connectivity index (χ3v) is 4.18. The van der Waals surface area contributed by atoms with Crippen LogP contribution in [-0.4, -0.2) is 17.5 Å².